The number of fused-ring (bicyclic) bond motifs is 2. The molecular formula is C28H28N8O2. The van der Waals surface area contributed by atoms with Gasteiger partial charge in [-0.05, 0) is 56.9 Å². The van der Waals surface area contributed by atoms with E-state index in [4.69, 9.17) is 10.8 Å². The molecule has 2 aromatic heterocycles. The molecule has 1 amide bonds. The smallest absolute Gasteiger partial charge is 0.248 e. The average molecular weight is 509 g/mol. The molecule has 0 spiro atoms. The predicted octanol–water partition coefficient (Wildman–Crippen LogP) is 2.79. The normalized spacial score (nSPS) is 13.0. The van der Waals surface area contributed by atoms with Crippen molar-refractivity contribution in [2.45, 2.75) is 6.92 Å². The molecule has 0 atom stereocenters. The van der Waals surface area contributed by atoms with Crippen LogP contribution in [0.4, 0.5) is 5.69 Å². The van der Waals surface area contributed by atoms with E-state index in [-0.39, 0.29) is 17.4 Å². The van der Waals surface area contributed by atoms with E-state index in [2.05, 4.69) is 39.5 Å². The van der Waals surface area contributed by atoms with Crippen molar-refractivity contribution >= 4 is 40.0 Å². The summed E-state index contributed by atoms with van der Waals surface area (Å²) in [5, 5.41) is 12.9. The van der Waals surface area contributed by atoms with Crippen molar-refractivity contribution in [2.75, 3.05) is 26.0 Å². The van der Waals surface area contributed by atoms with Gasteiger partial charge in [0.1, 0.15) is 11.4 Å². The maximum atomic E-state index is 12.3. The van der Waals surface area contributed by atoms with Crippen LogP contribution in [0.25, 0.3) is 33.7 Å². The molecule has 0 aliphatic carbocycles. The van der Waals surface area contributed by atoms with Gasteiger partial charge in [0.2, 0.25) is 5.91 Å². The van der Waals surface area contributed by atoms with Crippen LogP contribution in [-0.4, -0.2) is 57.6 Å². The topological polar surface area (TPSA) is 123 Å². The number of aryl methyl sites for hydroxylation is 2. The quantitative estimate of drug-likeness (QED) is 0.272. The Hall–Kier alpha value is -4.92. The molecule has 4 aromatic rings. The average Bonchev–Trinajstić information content (AvgIpc) is 3.41. The van der Waals surface area contributed by atoms with E-state index >= 15 is 0 Å². The Morgan fingerprint density at radius 2 is 1.89 bits per heavy atom. The summed E-state index contributed by atoms with van der Waals surface area (Å²) < 4.78 is 3.84. The van der Waals surface area contributed by atoms with Gasteiger partial charge in [0.25, 0.3) is 0 Å². The van der Waals surface area contributed by atoms with Gasteiger partial charge in [-0.15, -0.1) is 0 Å². The van der Waals surface area contributed by atoms with Crippen LogP contribution in [0.5, 0.6) is 0 Å². The summed E-state index contributed by atoms with van der Waals surface area (Å²) in [5.74, 6) is 1.90. The van der Waals surface area contributed by atoms with E-state index < -0.39 is 0 Å². The zero-order valence-electron chi connectivity index (χ0n) is 21.6. The summed E-state index contributed by atoms with van der Waals surface area (Å²) in [6, 6.07) is 15.4. The lowest BCUT2D eigenvalue weighted by molar-refractivity contribution is -0.111. The second kappa shape index (κ2) is 9.85. The minimum Gasteiger partial charge on any atom is -0.382 e. The van der Waals surface area contributed by atoms with Crippen molar-refractivity contribution in [3.8, 4) is 17.1 Å². The molecule has 5 rings (SSSR count). The predicted molar refractivity (Wildman–Crippen MR) is 149 cm³/mol. The number of nitrogens with zero attached hydrogens (tertiary/aromatic N) is 5. The van der Waals surface area contributed by atoms with Gasteiger partial charge >= 0.3 is 0 Å². The van der Waals surface area contributed by atoms with E-state index in [9.17, 15) is 9.59 Å². The SMILES string of the molecule is Cc1c(-c2c3c(nn2-c2ccc(NC(=O)/C=C/CN(C)C)cc2)C(=C=O)NN=C3N)n(C)c2ccccc12. The van der Waals surface area contributed by atoms with E-state index in [1.54, 1.807) is 22.9 Å². The first kappa shape index (κ1) is 24.8. The van der Waals surface area contributed by atoms with Gasteiger partial charge in [-0.2, -0.15) is 10.2 Å². The van der Waals surface area contributed by atoms with Crippen molar-refractivity contribution in [3.05, 3.63) is 77.5 Å². The highest BCUT2D eigenvalue weighted by molar-refractivity contribution is 6.11. The summed E-state index contributed by atoms with van der Waals surface area (Å²) in [6.07, 6.45) is 3.31. The lowest BCUT2D eigenvalue weighted by atomic mass is 10.0. The number of hydrazone groups is 1. The Morgan fingerprint density at radius 1 is 1.16 bits per heavy atom. The molecular weight excluding hydrogens is 480 g/mol. The summed E-state index contributed by atoms with van der Waals surface area (Å²) >= 11 is 0. The van der Waals surface area contributed by atoms with Crippen LogP contribution in [-0.2, 0) is 16.6 Å². The molecule has 0 fully saturated rings. The molecule has 10 nitrogen and oxygen atoms in total. The van der Waals surface area contributed by atoms with Gasteiger partial charge in [-0.3, -0.25) is 10.2 Å². The van der Waals surface area contributed by atoms with Crippen molar-refractivity contribution in [3.63, 3.8) is 0 Å². The highest BCUT2D eigenvalue weighted by Gasteiger charge is 2.31. The third kappa shape index (κ3) is 4.28. The van der Waals surface area contributed by atoms with Crippen LogP contribution in [0.15, 0.2) is 65.8 Å². The Kier molecular flexibility index (Phi) is 6.42. The fourth-order valence-corrected chi connectivity index (χ4v) is 4.70. The molecule has 0 radical (unpaired) electrons. The summed E-state index contributed by atoms with van der Waals surface area (Å²) in [7, 11) is 5.86. The standard InChI is InChI=1S/C28H28N8O2/c1-17-20-8-5-6-9-22(20)35(4)26(17)27-24-25(21(16-37)31-32-28(24)29)33-36(27)19-13-11-18(12-14-19)30-23(38)10-7-15-34(2)3/h5-14,31H,15H2,1-4H3,(H2,29,32)(H,30,38)/b10-7+. The molecule has 1 aliphatic rings. The number of rotatable bonds is 6. The van der Waals surface area contributed by atoms with Crippen LogP contribution in [0.1, 0.15) is 16.8 Å². The molecule has 10 heteroatoms. The molecule has 0 saturated heterocycles. The van der Waals surface area contributed by atoms with Crippen LogP contribution in [0.2, 0.25) is 0 Å². The Balaban J connectivity index is 1.63. The third-order valence-corrected chi connectivity index (χ3v) is 6.47. The van der Waals surface area contributed by atoms with E-state index in [1.807, 2.05) is 56.2 Å². The molecule has 192 valence electrons. The third-order valence-electron chi connectivity index (χ3n) is 6.47. The highest BCUT2D eigenvalue weighted by Crippen LogP contribution is 2.38. The zero-order chi connectivity index (χ0) is 27.0. The van der Waals surface area contributed by atoms with Gasteiger partial charge < -0.3 is 20.5 Å². The number of anilines is 1. The van der Waals surface area contributed by atoms with Gasteiger partial charge in [0.05, 0.1) is 16.9 Å². The molecule has 1 aliphatic heterocycles. The van der Waals surface area contributed by atoms with Crippen LogP contribution >= 0.6 is 0 Å². The molecule has 0 unspecified atom stereocenters. The van der Waals surface area contributed by atoms with E-state index in [1.165, 1.54) is 6.08 Å². The monoisotopic (exact) mass is 508 g/mol. The van der Waals surface area contributed by atoms with E-state index in [0.29, 0.717) is 29.2 Å². The van der Waals surface area contributed by atoms with Crippen molar-refractivity contribution in [1.29, 1.82) is 0 Å². The number of amidine groups is 1. The van der Waals surface area contributed by atoms with Gasteiger partial charge in [-0.1, -0.05) is 24.3 Å². The van der Waals surface area contributed by atoms with Crippen molar-refractivity contribution < 1.29 is 9.59 Å². The first-order valence-corrected chi connectivity index (χ1v) is 12.0. The maximum Gasteiger partial charge on any atom is 0.248 e. The second-order valence-electron chi connectivity index (χ2n) is 9.32. The van der Waals surface area contributed by atoms with Crippen molar-refractivity contribution in [1.82, 2.24) is 24.7 Å². The Bertz CT molecular complexity index is 1630. The molecule has 2 aromatic carbocycles. The molecule has 0 bridgehead atoms. The molecule has 3 heterocycles. The zero-order valence-corrected chi connectivity index (χ0v) is 21.6. The van der Waals surface area contributed by atoms with Crippen LogP contribution in [0, 0.1) is 6.92 Å². The summed E-state index contributed by atoms with van der Waals surface area (Å²) in [5.41, 5.74) is 15.1. The molecule has 4 N–H and O–H groups in total. The van der Waals surface area contributed by atoms with Gasteiger partial charge in [-0.25, -0.2) is 9.48 Å². The van der Waals surface area contributed by atoms with Gasteiger partial charge in [0, 0.05) is 36.3 Å². The number of hydrogen-bond donors (Lipinski definition) is 3. The second-order valence-corrected chi connectivity index (χ2v) is 9.32. The molecule has 0 saturated carbocycles. The van der Waals surface area contributed by atoms with Gasteiger partial charge in [0.15, 0.2) is 17.5 Å². The molecule has 38 heavy (non-hydrogen) atoms. The lowest BCUT2D eigenvalue weighted by Gasteiger charge is -2.14. The number of nitrogens with one attached hydrogen (secondary N) is 2. The fraction of sp³-hybridized carbons (Fsp3) is 0.179. The fourth-order valence-electron chi connectivity index (χ4n) is 4.70. The lowest BCUT2D eigenvalue weighted by Crippen LogP contribution is -2.26. The number of benzene rings is 2. The number of hydrogen-bond acceptors (Lipinski definition) is 7. The van der Waals surface area contributed by atoms with Crippen LogP contribution in [0.3, 0.4) is 0 Å². The minimum atomic E-state index is -0.211. The van der Waals surface area contributed by atoms with E-state index in [0.717, 1.165) is 27.8 Å². The number of carbonyl (C=O) groups is 1. The Morgan fingerprint density at radius 3 is 2.58 bits per heavy atom. The largest absolute Gasteiger partial charge is 0.382 e. The summed E-state index contributed by atoms with van der Waals surface area (Å²) in [6.45, 7) is 2.72. The number of likely N-dealkylation sites (N-methyl/N-ethyl adjacent to an activating group) is 1. The van der Waals surface area contributed by atoms with Crippen molar-refractivity contribution in [2.24, 2.45) is 17.9 Å². The summed E-state index contributed by atoms with van der Waals surface area (Å²) in [4.78, 5) is 26.0. The number of nitrogens with two attached hydrogens (primary N) is 1. The number of amides is 1. The van der Waals surface area contributed by atoms with Crippen LogP contribution < -0.4 is 16.5 Å². The highest BCUT2D eigenvalue weighted by atomic mass is 16.1. The number of aromatic nitrogens is 3. The Labute approximate surface area is 219 Å². The number of para-hydroxylation sites is 1. The maximum absolute atomic E-state index is 12.3. The first-order chi connectivity index (χ1) is 18.3. The minimum absolute atomic E-state index is 0.110. The number of carbonyl (C=O) groups excluding carboxylic acids is 2. The first-order valence-electron chi connectivity index (χ1n) is 12.0.